The van der Waals surface area contributed by atoms with E-state index in [1.807, 2.05) is 0 Å². The number of halogens is 3. The van der Waals surface area contributed by atoms with Crippen molar-refractivity contribution in [2.24, 2.45) is 0 Å². The maximum absolute atomic E-state index is 12.1. The molecule has 0 aliphatic heterocycles. The lowest BCUT2D eigenvalue weighted by Gasteiger charge is -2.14. The van der Waals surface area contributed by atoms with Gasteiger partial charge in [-0.05, 0) is 43.3 Å². The lowest BCUT2D eigenvalue weighted by Crippen LogP contribution is -2.31. The van der Waals surface area contributed by atoms with Crippen LogP contribution >= 0.6 is 34.8 Å². The molecule has 0 spiro atoms. The third-order valence-corrected chi connectivity index (χ3v) is 3.80. The SMILES string of the molecule is CC(OC(=O)COc1cccc(Cl)c1)C(=O)Nc1ccc(Cl)cc1Cl. The van der Waals surface area contributed by atoms with E-state index in [0.717, 1.165) is 0 Å². The van der Waals surface area contributed by atoms with Gasteiger partial charge in [-0.1, -0.05) is 40.9 Å². The van der Waals surface area contributed by atoms with Crippen LogP contribution in [0, 0.1) is 0 Å². The molecule has 8 heteroatoms. The minimum atomic E-state index is -1.03. The van der Waals surface area contributed by atoms with Crippen LogP contribution in [0.2, 0.25) is 15.1 Å². The van der Waals surface area contributed by atoms with E-state index >= 15 is 0 Å². The van der Waals surface area contributed by atoms with E-state index in [0.29, 0.717) is 21.5 Å². The van der Waals surface area contributed by atoms with E-state index in [2.05, 4.69) is 5.32 Å². The van der Waals surface area contributed by atoms with Crippen LogP contribution in [0.25, 0.3) is 0 Å². The molecule has 0 aliphatic rings. The maximum Gasteiger partial charge on any atom is 0.344 e. The molecule has 2 rings (SSSR count). The van der Waals surface area contributed by atoms with Crippen LogP contribution in [0.3, 0.4) is 0 Å². The number of nitrogens with one attached hydrogen (secondary N) is 1. The molecule has 0 saturated heterocycles. The van der Waals surface area contributed by atoms with Gasteiger partial charge in [0.2, 0.25) is 0 Å². The van der Waals surface area contributed by atoms with Gasteiger partial charge in [-0.15, -0.1) is 0 Å². The van der Waals surface area contributed by atoms with Gasteiger partial charge in [0.1, 0.15) is 5.75 Å². The number of carbonyl (C=O) groups excluding carboxylic acids is 2. The quantitative estimate of drug-likeness (QED) is 0.717. The molecule has 0 bridgehead atoms. The van der Waals surface area contributed by atoms with E-state index in [9.17, 15) is 9.59 Å². The molecule has 1 N–H and O–H groups in total. The molecule has 0 aliphatic carbocycles. The topological polar surface area (TPSA) is 64.6 Å². The van der Waals surface area contributed by atoms with E-state index in [-0.39, 0.29) is 11.6 Å². The predicted octanol–water partition coefficient (Wildman–Crippen LogP) is 4.60. The molecule has 0 fully saturated rings. The Morgan fingerprint density at radius 3 is 2.48 bits per heavy atom. The van der Waals surface area contributed by atoms with Crippen molar-refractivity contribution in [1.82, 2.24) is 0 Å². The molecule has 5 nitrogen and oxygen atoms in total. The summed E-state index contributed by atoms with van der Waals surface area (Å²) in [5.41, 5.74) is 0.370. The Labute approximate surface area is 159 Å². The normalized spacial score (nSPS) is 11.5. The van der Waals surface area contributed by atoms with Gasteiger partial charge in [0.05, 0.1) is 10.7 Å². The van der Waals surface area contributed by atoms with Crippen molar-refractivity contribution in [1.29, 1.82) is 0 Å². The Bertz CT molecular complexity index is 782. The minimum absolute atomic E-state index is 0.281. The van der Waals surface area contributed by atoms with Gasteiger partial charge in [-0.2, -0.15) is 0 Å². The first-order valence-electron chi connectivity index (χ1n) is 7.19. The van der Waals surface area contributed by atoms with Crippen LogP contribution in [-0.4, -0.2) is 24.6 Å². The van der Waals surface area contributed by atoms with Crippen molar-refractivity contribution in [2.75, 3.05) is 11.9 Å². The Kier molecular flexibility index (Phi) is 6.93. The van der Waals surface area contributed by atoms with Crippen molar-refractivity contribution in [3.05, 3.63) is 57.5 Å². The van der Waals surface area contributed by atoms with Crippen LogP contribution < -0.4 is 10.1 Å². The molecule has 1 amide bonds. The van der Waals surface area contributed by atoms with E-state index in [1.165, 1.54) is 13.0 Å². The van der Waals surface area contributed by atoms with Gasteiger partial charge in [0.15, 0.2) is 12.7 Å². The fraction of sp³-hybridized carbons (Fsp3) is 0.176. The highest BCUT2D eigenvalue weighted by molar-refractivity contribution is 6.36. The summed E-state index contributed by atoms with van der Waals surface area (Å²) in [7, 11) is 0. The molecule has 2 aromatic rings. The lowest BCUT2D eigenvalue weighted by atomic mass is 10.3. The number of rotatable bonds is 6. The van der Waals surface area contributed by atoms with Crippen molar-refractivity contribution < 1.29 is 19.1 Å². The number of hydrogen-bond acceptors (Lipinski definition) is 4. The molecule has 0 heterocycles. The van der Waals surface area contributed by atoms with Crippen LogP contribution in [0.4, 0.5) is 5.69 Å². The van der Waals surface area contributed by atoms with Crippen LogP contribution in [-0.2, 0) is 14.3 Å². The molecule has 1 unspecified atom stereocenters. The summed E-state index contributed by atoms with van der Waals surface area (Å²) in [5.74, 6) is -0.792. The van der Waals surface area contributed by atoms with Gasteiger partial charge in [0.25, 0.3) is 5.91 Å². The summed E-state index contributed by atoms with van der Waals surface area (Å²) in [5, 5.41) is 3.77. The minimum Gasteiger partial charge on any atom is -0.482 e. The Hall–Kier alpha value is -1.95. The molecule has 132 valence electrons. The van der Waals surface area contributed by atoms with E-state index < -0.39 is 18.0 Å². The van der Waals surface area contributed by atoms with Gasteiger partial charge < -0.3 is 14.8 Å². The number of ether oxygens (including phenoxy) is 2. The highest BCUT2D eigenvalue weighted by Gasteiger charge is 2.19. The molecular formula is C17H14Cl3NO4. The second kappa shape index (κ2) is 8.94. The molecule has 25 heavy (non-hydrogen) atoms. The second-order valence-corrected chi connectivity index (χ2v) is 6.27. The standard InChI is InChI=1S/C17H14Cl3NO4/c1-10(17(23)21-15-6-5-12(19)8-14(15)20)25-16(22)9-24-13-4-2-3-11(18)7-13/h2-8,10H,9H2,1H3,(H,21,23). The van der Waals surface area contributed by atoms with E-state index in [4.69, 9.17) is 44.3 Å². The van der Waals surface area contributed by atoms with Gasteiger partial charge in [0, 0.05) is 10.0 Å². The van der Waals surface area contributed by atoms with Crippen molar-refractivity contribution in [2.45, 2.75) is 13.0 Å². The summed E-state index contributed by atoms with van der Waals surface area (Å²) in [6.07, 6.45) is -1.03. The summed E-state index contributed by atoms with van der Waals surface area (Å²) in [4.78, 5) is 23.8. The number of carbonyl (C=O) groups is 2. The van der Waals surface area contributed by atoms with Crippen molar-refractivity contribution >= 4 is 52.4 Å². The first kappa shape index (κ1) is 19.4. The molecule has 2 aromatic carbocycles. The highest BCUT2D eigenvalue weighted by Crippen LogP contribution is 2.25. The summed E-state index contributed by atoms with van der Waals surface area (Å²) < 4.78 is 10.3. The number of anilines is 1. The molecule has 0 saturated carbocycles. The average Bonchev–Trinajstić information content (AvgIpc) is 2.55. The largest absolute Gasteiger partial charge is 0.482 e. The van der Waals surface area contributed by atoms with Gasteiger partial charge in [-0.3, -0.25) is 4.79 Å². The van der Waals surface area contributed by atoms with Crippen molar-refractivity contribution in [3.63, 3.8) is 0 Å². The number of benzene rings is 2. The number of amides is 1. The van der Waals surface area contributed by atoms with Crippen LogP contribution in [0.1, 0.15) is 6.92 Å². The third-order valence-electron chi connectivity index (χ3n) is 3.02. The lowest BCUT2D eigenvalue weighted by molar-refractivity contribution is -0.155. The molecule has 0 radical (unpaired) electrons. The molecular weight excluding hydrogens is 389 g/mol. The number of hydrogen-bond donors (Lipinski definition) is 1. The number of esters is 1. The summed E-state index contributed by atoms with van der Waals surface area (Å²) >= 11 is 17.6. The highest BCUT2D eigenvalue weighted by atomic mass is 35.5. The van der Waals surface area contributed by atoms with Crippen molar-refractivity contribution in [3.8, 4) is 5.75 Å². The Balaban J connectivity index is 1.84. The smallest absolute Gasteiger partial charge is 0.344 e. The predicted molar refractivity (Wildman–Crippen MR) is 97.6 cm³/mol. The zero-order chi connectivity index (χ0) is 18.4. The zero-order valence-electron chi connectivity index (χ0n) is 13.1. The van der Waals surface area contributed by atoms with Gasteiger partial charge in [-0.25, -0.2) is 4.79 Å². The Morgan fingerprint density at radius 2 is 1.80 bits per heavy atom. The van der Waals surface area contributed by atoms with Crippen LogP contribution in [0.15, 0.2) is 42.5 Å². The summed E-state index contributed by atoms with van der Waals surface area (Å²) in [6, 6.07) is 11.2. The fourth-order valence-electron chi connectivity index (χ4n) is 1.81. The average molecular weight is 403 g/mol. The third kappa shape index (κ3) is 6.12. The fourth-order valence-corrected chi connectivity index (χ4v) is 2.44. The maximum atomic E-state index is 12.1. The zero-order valence-corrected chi connectivity index (χ0v) is 15.4. The Morgan fingerprint density at radius 1 is 1.08 bits per heavy atom. The van der Waals surface area contributed by atoms with E-state index in [1.54, 1.807) is 36.4 Å². The second-order valence-electron chi connectivity index (χ2n) is 4.99. The molecule has 0 aromatic heterocycles. The van der Waals surface area contributed by atoms with Crippen LogP contribution in [0.5, 0.6) is 5.75 Å². The summed E-state index contributed by atoms with van der Waals surface area (Å²) in [6.45, 7) is 1.09. The monoisotopic (exact) mass is 401 g/mol. The first-order valence-corrected chi connectivity index (χ1v) is 8.32. The first-order chi connectivity index (χ1) is 11.8. The van der Waals surface area contributed by atoms with Gasteiger partial charge >= 0.3 is 5.97 Å². The molecule has 1 atom stereocenters.